The van der Waals surface area contributed by atoms with Gasteiger partial charge >= 0.3 is 0 Å². The van der Waals surface area contributed by atoms with Crippen LogP contribution in [-0.2, 0) is 0 Å². The minimum Gasteiger partial charge on any atom is -0.507 e. The fourth-order valence-electron chi connectivity index (χ4n) is 3.76. The van der Waals surface area contributed by atoms with Gasteiger partial charge in [-0.25, -0.2) is 5.01 Å². The summed E-state index contributed by atoms with van der Waals surface area (Å²) in [6.45, 7) is 0. The summed E-state index contributed by atoms with van der Waals surface area (Å²) < 4.78 is 7.30. The van der Waals surface area contributed by atoms with E-state index in [-0.39, 0.29) is 11.8 Å². The van der Waals surface area contributed by atoms with Gasteiger partial charge in [0.25, 0.3) is 0 Å². The first-order chi connectivity index (χ1) is 13.2. The number of fused-ring (bicyclic) bond motifs is 3. The first-order valence-corrected chi connectivity index (χ1v) is 9.65. The summed E-state index contributed by atoms with van der Waals surface area (Å²) in [6, 6.07) is 23.6. The fraction of sp³-hybridized carbons (Fsp3) is 0.136. The number of hydrogen-bond donors (Lipinski definition) is 1. The normalized spacial score (nSPS) is 20.5. The van der Waals surface area contributed by atoms with Gasteiger partial charge in [0.05, 0.1) is 17.3 Å². The minimum atomic E-state index is -0.467. The van der Waals surface area contributed by atoms with E-state index in [1.165, 1.54) is 0 Å². The van der Waals surface area contributed by atoms with E-state index in [1.54, 1.807) is 6.07 Å². The zero-order valence-corrected chi connectivity index (χ0v) is 16.0. The molecule has 5 rings (SSSR count). The van der Waals surface area contributed by atoms with Crippen molar-refractivity contribution in [3.63, 3.8) is 0 Å². The van der Waals surface area contributed by atoms with Gasteiger partial charge in [0.15, 0.2) is 0 Å². The van der Waals surface area contributed by atoms with Crippen molar-refractivity contribution in [2.75, 3.05) is 0 Å². The molecule has 0 aliphatic carbocycles. The topological polar surface area (TPSA) is 45.1 Å². The molecule has 0 spiro atoms. The van der Waals surface area contributed by atoms with Crippen molar-refractivity contribution in [2.24, 2.45) is 5.10 Å². The van der Waals surface area contributed by atoms with Crippen LogP contribution in [-0.4, -0.2) is 15.8 Å². The molecule has 2 atom stereocenters. The Morgan fingerprint density at radius 3 is 2.56 bits per heavy atom. The maximum atomic E-state index is 10.4. The number of ether oxygens (including phenoxy) is 1. The van der Waals surface area contributed by atoms with Crippen molar-refractivity contribution >= 4 is 21.6 Å². The van der Waals surface area contributed by atoms with E-state index >= 15 is 0 Å². The highest BCUT2D eigenvalue weighted by molar-refractivity contribution is 9.10. The molecule has 0 amide bonds. The predicted octanol–water partition coefficient (Wildman–Crippen LogP) is 5.40. The number of nitrogens with zero attached hydrogens (tertiary/aromatic N) is 2. The summed E-state index contributed by atoms with van der Waals surface area (Å²) >= 11 is 3.57. The van der Waals surface area contributed by atoms with Crippen LogP contribution >= 0.6 is 15.9 Å². The molecule has 2 aliphatic rings. The Kier molecular flexibility index (Phi) is 3.90. The monoisotopic (exact) mass is 420 g/mol. The molecule has 2 heterocycles. The van der Waals surface area contributed by atoms with Gasteiger partial charge in [-0.1, -0.05) is 58.4 Å². The average molecular weight is 421 g/mol. The lowest BCUT2D eigenvalue weighted by Gasteiger charge is -2.38. The highest BCUT2D eigenvalue weighted by Gasteiger charge is 2.41. The van der Waals surface area contributed by atoms with Crippen LogP contribution in [0.2, 0.25) is 0 Å². The molecule has 5 heteroatoms. The van der Waals surface area contributed by atoms with Gasteiger partial charge in [-0.3, -0.25) is 0 Å². The molecule has 1 N–H and O–H groups in total. The molecule has 0 bridgehead atoms. The molecule has 0 radical (unpaired) electrons. The van der Waals surface area contributed by atoms with Gasteiger partial charge in [-0.15, -0.1) is 0 Å². The van der Waals surface area contributed by atoms with Crippen LogP contribution in [0, 0.1) is 0 Å². The molecule has 0 fully saturated rings. The third kappa shape index (κ3) is 2.79. The number of phenolic OH excluding ortho intramolecular Hbond substituents is 1. The van der Waals surface area contributed by atoms with E-state index in [0.717, 1.165) is 33.5 Å². The molecule has 4 nitrogen and oxygen atoms in total. The standard InChI is InChI=1S/C22H17BrN2O2/c23-15-10-11-21-17(12-15)19-13-18(14-6-2-1-3-7-14)24-25(19)22(27-21)16-8-4-5-9-20(16)26/h1-12,19,22,26H,13H2/t19-,22-/m1/s1. The summed E-state index contributed by atoms with van der Waals surface area (Å²) in [6.07, 6.45) is 0.326. The zero-order chi connectivity index (χ0) is 18.4. The molecular weight excluding hydrogens is 404 g/mol. The number of aromatic hydroxyl groups is 1. The van der Waals surface area contributed by atoms with Crippen LogP contribution in [0.15, 0.2) is 82.4 Å². The van der Waals surface area contributed by atoms with E-state index in [1.807, 2.05) is 53.5 Å². The van der Waals surface area contributed by atoms with Crippen molar-refractivity contribution in [3.8, 4) is 11.5 Å². The van der Waals surface area contributed by atoms with Crippen molar-refractivity contribution in [1.29, 1.82) is 0 Å². The van der Waals surface area contributed by atoms with Crippen molar-refractivity contribution < 1.29 is 9.84 Å². The zero-order valence-electron chi connectivity index (χ0n) is 14.4. The molecule has 0 saturated carbocycles. The Morgan fingerprint density at radius 2 is 1.74 bits per heavy atom. The maximum absolute atomic E-state index is 10.4. The summed E-state index contributed by atoms with van der Waals surface area (Å²) in [4.78, 5) is 0. The first-order valence-electron chi connectivity index (χ1n) is 8.86. The minimum absolute atomic E-state index is 0.0612. The fourth-order valence-corrected chi connectivity index (χ4v) is 4.14. The third-order valence-electron chi connectivity index (χ3n) is 5.06. The molecule has 27 heavy (non-hydrogen) atoms. The van der Waals surface area contributed by atoms with Gasteiger partial charge in [0.1, 0.15) is 11.5 Å². The summed E-state index contributed by atoms with van der Waals surface area (Å²) in [7, 11) is 0. The van der Waals surface area contributed by atoms with Gasteiger partial charge < -0.3 is 9.84 Å². The Bertz CT molecular complexity index is 1040. The van der Waals surface area contributed by atoms with Gasteiger partial charge in [-0.2, -0.15) is 5.10 Å². The largest absolute Gasteiger partial charge is 0.507 e. The average Bonchev–Trinajstić information content (AvgIpc) is 3.15. The van der Waals surface area contributed by atoms with Crippen LogP contribution in [0.4, 0.5) is 0 Å². The molecule has 0 aromatic heterocycles. The number of para-hydroxylation sites is 1. The van der Waals surface area contributed by atoms with Crippen molar-refractivity contribution in [1.82, 2.24) is 5.01 Å². The highest BCUT2D eigenvalue weighted by atomic mass is 79.9. The Hall–Kier alpha value is -2.79. The first kappa shape index (κ1) is 16.4. The van der Waals surface area contributed by atoms with Crippen LogP contribution < -0.4 is 4.74 Å². The van der Waals surface area contributed by atoms with E-state index in [0.29, 0.717) is 5.56 Å². The lowest BCUT2D eigenvalue weighted by molar-refractivity contribution is -0.0203. The van der Waals surface area contributed by atoms with Crippen LogP contribution in [0.5, 0.6) is 11.5 Å². The van der Waals surface area contributed by atoms with Gasteiger partial charge in [0, 0.05) is 16.5 Å². The number of benzene rings is 3. The molecule has 0 saturated heterocycles. The summed E-state index contributed by atoms with van der Waals surface area (Å²) in [5, 5.41) is 17.3. The van der Waals surface area contributed by atoms with Crippen LogP contribution in [0.3, 0.4) is 0 Å². The molecule has 3 aromatic rings. The highest BCUT2D eigenvalue weighted by Crippen LogP contribution is 2.49. The number of halogens is 1. The summed E-state index contributed by atoms with van der Waals surface area (Å²) in [5.41, 5.74) is 3.96. The Balaban J connectivity index is 1.64. The summed E-state index contributed by atoms with van der Waals surface area (Å²) in [5.74, 6) is 1.04. The van der Waals surface area contributed by atoms with Crippen molar-refractivity contribution in [2.45, 2.75) is 18.7 Å². The van der Waals surface area contributed by atoms with E-state index in [9.17, 15) is 5.11 Å². The second-order valence-corrected chi connectivity index (χ2v) is 7.64. The second kappa shape index (κ2) is 6.43. The smallest absolute Gasteiger partial charge is 0.217 e. The van der Waals surface area contributed by atoms with Gasteiger partial charge in [-0.05, 0) is 35.9 Å². The van der Waals surface area contributed by atoms with Gasteiger partial charge in [0.2, 0.25) is 6.23 Å². The maximum Gasteiger partial charge on any atom is 0.217 e. The predicted molar refractivity (Wildman–Crippen MR) is 108 cm³/mol. The Morgan fingerprint density at radius 1 is 0.963 bits per heavy atom. The van der Waals surface area contributed by atoms with Crippen LogP contribution in [0.25, 0.3) is 0 Å². The number of hydrazone groups is 1. The van der Waals surface area contributed by atoms with E-state index in [2.05, 4.69) is 34.1 Å². The lowest BCUT2D eigenvalue weighted by Crippen LogP contribution is -2.33. The Labute approximate surface area is 165 Å². The number of rotatable bonds is 2. The second-order valence-electron chi connectivity index (χ2n) is 6.72. The van der Waals surface area contributed by atoms with Crippen LogP contribution in [0.1, 0.15) is 35.4 Å². The third-order valence-corrected chi connectivity index (χ3v) is 5.55. The lowest BCUT2D eigenvalue weighted by atomic mass is 9.96. The molecule has 134 valence electrons. The molecule has 0 unspecified atom stereocenters. The number of phenols is 1. The molecular formula is C22H17BrN2O2. The quantitative estimate of drug-likeness (QED) is 0.603. The molecule has 3 aromatic carbocycles. The SMILES string of the molecule is Oc1ccccc1[C@H]1Oc2ccc(Br)cc2[C@H]2CC(c3ccccc3)=NN21. The van der Waals surface area contributed by atoms with E-state index in [4.69, 9.17) is 9.84 Å². The number of hydrogen-bond acceptors (Lipinski definition) is 4. The van der Waals surface area contributed by atoms with Crippen molar-refractivity contribution in [3.05, 3.63) is 94.0 Å². The molecule has 2 aliphatic heterocycles. The van der Waals surface area contributed by atoms with E-state index < -0.39 is 6.23 Å².